The predicted octanol–water partition coefficient (Wildman–Crippen LogP) is 4.53. The van der Waals surface area contributed by atoms with Crippen molar-refractivity contribution >= 4 is 5.78 Å². The molecule has 0 aromatic heterocycles. The van der Waals surface area contributed by atoms with Gasteiger partial charge in [0.1, 0.15) is 5.78 Å². The molecule has 0 heterocycles. The third-order valence-corrected chi connectivity index (χ3v) is 8.10. The Hall–Kier alpha value is -0.630. The fourth-order valence-electron chi connectivity index (χ4n) is 6.60. The fourth-order valence-corrected chi connectivity index (χ4v) is 6.60. The van der Waals surface area contributed by atoms with Crippen molar-refractivity contribution in [1.29, 1.82) is 0 Å². The number of carbonyl (C=O) groups excluding carboxylic acids is 1. The smallest absolute Gasteiger partial charge is 0.139 e. The molecule has 0 aromatic rings. The molecule has 2 heteroatoms. The van der Waals surface area contributed by atoms with E-state index in [0.29, 0.717) is 23.2 Å². The fraction of sp³-hybridized carbons (Fsp3) is 0.850. The van der Waals surface area contributed by atoms with E-state index in [1.807, 2.05) is 7.11 Å². The lowest BCUT2D eigenvalue weighted by atomic mass is 9.48. The van der Waals surface area contributed by atoms with Gasteiger partial charge in [0.2, 0.25) is 0 Å². The summed E-state index contributed by atoms with van der Waals surface area (Å²) in [5.41, 5.74) is 2.05. The topological polar surface area (TPSA) is 26.3 Å². The zero-order chi connectivity index (χ0) is 15.5. The lowest BCUT2D eigenvalue weighted by molar-refractivity contribution is -0.132. The van der Waals surface area contributed by atoms with Crippen LogP contribution in [0.4, 0.5) is 0 Å². The highest BCUT2D eigenvalue weighted by atomic mass is 16.5. The Morgan fingerprint density at radius 1 is 1.09 bits per heavy atom. The first kappa shape index (κ1) is 14.9. The van der Waals surface area contributed by atoms with Crippen LogP contribution in [-0.2, 0) is 9.53 Å². The molecule has 22 heavy (non-hydrogen) atoms. The second-order valence-electron chi connectivity index (χ2n) is 8.78. The van der Waals surface area contributed by atoms with Crippen molar-refractivity contribution < 1.29 is 9.53 Å². The molecule has 0 aliphatic heterocycles. The Kier molecular flexibility index (Phi) is 3.35. The van der Waals surface area contributed by atoms with Gasteiger partial charge < -0.3 is 4.74 Å². The number of rotatable bonds is 1. The van der Waals surface area contributed by atoms with Gasteiger partial charge in [-0.1, -0.05) is 25.5 Å². The van der Waals surface area contributed by atoms with E-state index in [0.717, 1.165) is 37.5 Å². The molecule has 0 saturated heterocycles. The summed E-state index contributed by atoms with van der Waals surface area (Å²) in [4.78, 5) is 12.4. The normalized spacial score (nSPS) is 50.9. The molecule has 0 bridgehead atoms. The molecule has 2 nitrogen and oxygen atoms in total. The quantitative estimate of drug-likeness (QED) is 0.665. The number of ketones is 1. The highest BCUT2D eigenvalue weighted by Crippen LogP contribution is 2.64. The van der Waals surface area contributed by atoms with E-state index in [1.165, 1.54) is 25.7 Å². The molecule has 0 N–H and O–H groups in total. The van der Waals surface area contributed by atoms with E-state index in [-0.39, 0.29) is 5.41 Å². The van der Waals surface area contributed by atoms with Crippen molar-refractivity contribution in [2.45, 2.75) is 71.3 Å². The van der Waals surface area contributed by atoms with Gasteiger partial charge in [0.25, 0.3) is 0 Å². The molecule has 0 amide bonds. The van der Waals surface area contributed by atoms with Gasteiger partial charge >= 0.3 is 0 Å². The van der Waals surface area contributed by atoms with Crippen LogP contribution in [0.15, 0.2) is 11.6 Å². The first-order valence-corrected chi connectivity index (χ1v) is 9.24. The highest BCUT2D eigenvalue weighted by Gasteiger charge is 2.58. The van der Waals surface area contributed by atoms with Crippen LogP contribution in [0, 0.1) is 28.6 Å². The molecule has 6 atom stereocenters. The van der Waals surface area contributed by atoms with E-state index in [4.69, 9.17) is 4.74 Å². The number of methoxy groups -OCH3 is 1. The summed E-state index contributed by atoms with van der Waals surface area (Å²) >= 11 is 0. The summed E-state index contributed by atoms with van der Waals surface area (Å²) in [6.07, 6.45) is 12.2. The zero-order valence-corrected chi connectivity index (χ0v) is 14.4. The Balaban J connectivity index is 1.66. The molecule has 4 rings (SSSR count). The molecule has 0 aromatic carbocycles. The average molecular weight is 302 g/mol. The van der Waals surface area contributed by atoms with Crippen LogP contribution in [0.5, 0.6) is 0 Å². The Labute approximate surface area is 134 Å². The number of Topliss-reactive ketones (excluding diaryl/α,β-unsaturated/α-hetero) is 1. The molecular formula is C20H30O2. The minimum absolute atomic E-state index is 0.00655. The van der Waals surface area contributed by atoms with E-state index in [9.17, 15) is 4.79 Å². The minimum atomic E-state index is 0.00655. The van der Waals surface area contributed by atoms with Gasteiger partial charge in [-0.15, -0.1) is 0 Å². The molecule has 0 spiro atoms. The van der Waals surface area contributed by atoms with Gasteiger partial charge in [-0.25, -0.2) is 0 Å². The summed E-state index contributed by atoms with van der Waals surface area (Å²) in [5, 5.41) is 0. The lowest BCUT2D eigenvalue weighted by Gasteiger charge is -2.57. The van der Waals surface area contributed by atoms with Crippen LogP contribution < -0.4 is 0 Å². The minimum Gasteiger partial charge on any atom is -0.381 e. The van der Waals surface area contributed by atoms with Gasteiger partial charge in [-0.2, -0.15) is 0 Å². The number of hydrogen-bond donors (Lipinski definition) is 0. The molecule has 122 valence electrons. The van der Waals surface area contributed by atoms with Gasteiger partial charge in [0.05, 0.1) is 6.10 Å². The van der Waals surface area contributed by atoms with Crippen LogP contribution in [0.1, 0.15) is 65.2 Å². The lowest BCUT2D eigenvalue weighted by Crippen LogP contribution is -2.50. The Bertz CT molecular complexity index is 522. The summed E-state index contributed by atoms with van der Waals surface area (Å²) < 4.78 is 5.64. The number of fused-ring (bicyclic) bond motifs is 5. The first-order valence-electron chi connectivity index (χ1n) is 9.24. The second kappa shape index (κ2) is 4.93. The van der Waals surface area contributed by atoms with Gasteiger partial charge in [-0.3, -0.25) is 4.79 Å². The average Bonchev–Trinajstić information content (AvgIpc) is 2.82. The standard InChI is InChI=1S/C20H30O2/c1-19-10-8-14(22-3)12-13(19)4-5-15-16-6-7-18(21)20(16,2)11-9-17(15)19/h4,14-17H,5-12H2,1-3H3/t14-,15?,16?,17?,19-,20?/m0/s1. The molecule has 4 aliphatic carbocycles. The molecular weight excluding hydrogens is 272 g/mol. The van der Waals surface area contributed by atoms with Crippen molar-refractivity contribution in [1.82, 2.24) is 0 Å². The second-order valence-corrected chi connectivity index (χ2v) is 8.78. The SMILES string of the molecule is CO[C@H]1CC[C@@]2(C)C(=CCC3C4CCC(=O)C4(C)CCC32)C1. The van der Waals surface area contributed by atoms with Crippen molar-refractivity contribution in [2.75, 3.05) is 7.11 Å². The van der Waals surface area contributed by atoms with E-state index in [1.54, 1.807) is 5.57 Å². The maximum absolute atomic E-state index is 12.4. The first-order chi connectivity index (χ1) is 10.5. The van der Waals surface area contributed by atoms with Crippen molar-refractivity contribution in [3.8, 4) is 0 Å². The number of ether oxygens (including phenoxy) is 1. The van der Waals surface area contributed by atoms with Crippen molar-refractivity contribution in [3.63, 3.8) is 0 Å². The number of allylic oxidation sites excluding steroid dienone is 1. The van der Waals surface area contributed by atoms with E-state index >= 15 is 0 Å². The van der Waals surface area contributed by atoms with Crippen molar-refractivity contribution in [3.05, 3.63) is 11.6 Å². The van der Waals surface area contributed by atoms with Gasteiger partial charge in [-0.05, 0) is 68.1 Å². The van der Waals surface area contributed by atoms with Gasteiger partial charge in [0.15, 0.2) is 0 Å². The molecule has 4 aliphatic rings. The van der Waals surface area contributed by atoms with Gasteiger partial charge in [0, 0.05) is 18.9 Å². The van der Waals surface area contributed by atoms with Crippen molar-refractivity contribution in [2.24, 2.45) is 28.6 Å². The van der Waals surface area contributed by atoms with Crippen LogP contribution in [0.2, 0.25) is 0 Å². The number of carbonyl (C=O) groups is 1. The third kappa shape index (κ3) is 1.85. The molecule has 3 saturated carbocycles. The van der Waals surface area contributed by atoms with Crippen LogP contribution >= 0.6 is 0 Å². The Morgan fingerprint density at radius 3 is 2.59 bits per heavy atom. The molecule has 0 radical (unpaired) electrons. The van der Waals surface area contributed by atoms with Crippen LogP contribution in [-0.4, -0.2) is 19.0 Å². The maximum Gasteiger partial charge on any atom is 0.139 e. The third-order valence-electron chi connectivity index (χ3n) is 8.10. The predicted molar refractivity (Wildman–Crippen MR) is 87.5 cm³/mol. The maximum atomic E-state index is 12.4. The summed E-state index contributed by atoms with van der Waals surface area (Å²) in [6, 6.07) is 0. The number of hydrogen-bond acceptors (Lipinski definition) is 2. The monoisotopic (exact) mass is 302 g/mol. The Morgan fingerprint density at radius 2 is 1.82 bits per heavy atom. The summed E-state index contributed by atoms with van der Waals surface area (Å²) in [6.45, 7) is 4.79. The largest absolute Gasteiger partial charge is 0.381 e. The summed E-state index contributed by atoms with van der Waals surface area (Å²) in [5.74, 6) is 2.75. The van der Waals surface area contributed by atoms with E-state index in [2.05, 4.69) is 19.9 Å². The molecule has 4 unspecified atom stereocenters. The molecule has 3 fully saturated rings. The van der Waals surface area contributed by atoms with E-state index < -0.39 is 0 Å². The zero-order valence-electron chi connectivity index (χ0n) is 14.4. The highest BCUT2D eigenvalue weighted by molar-refractivity contribution is 5.87. The van der Waals surface area contributed by atoms with Crippen LogP contribution in [0.25, 0.3) is 0 Å². The van der Waals surface area contributed by atoms with Crippen LogP contribution in [0.3, 0.4) is 0 Å². The summed E-state index contributed by atoms with van der Waals surface area (Å²) in [7, 11) is 1.86.